The third-order valence-corrected chi connectivity index (χ3v) is 3.37. The van der Waals surface area contributed by atoms with Gasteiger partial charge in [0.2, 0.25) is 0 Å². The SMILES string of the molecule is CSc1ccccc1OCC(Br)C(F)(F)F. The molecule has 0 radical (unpaired) electrons. The van der Waals surface area contributed by atoms with Crippen molar-refractivity contribution in [2.75, 3.05) is 12.9 Å². The fraction of sp³-hybridized carbons (Fsp3) is 0.400. The fourth-order valence-electron chi connectivity index (χ4n) is 0.995. The molecule has 1 unspecified atom stereocenters. The smallest absolute Gasteiger partial charge is 0.404 e. The average Bonchev–Trinajstić information content (AvgIpc) is 2.24. The standard InChI is InChI=1S/C10H10BrF3OS/c1-16-8-5-3-2-4-7(8)15-6-9(11)10(12,13)14/h2-5,9H,6H2,1H3. The van der Waals surface area contributed by atoms with Crippen LogP contribution in [0.4, 0.5) is 13.2 Å². The van der Waals surface area contributed by atoms with Crippen LogP contribution >= 0.6 is 27.7 Å². The molecule has 0 aliphatic rings. The summed E-state index contributed by atoms with van der Waals surface area (Å²) >= 11 is 3.98. The molecule has 0 saturated carbocycles. The molecule has 0 heterocycles. The quantitative estimate of drug-likeness (QED) is 0.611. The van der Waals surface area contributed by atoms with Crippen molar-refractivity contribution in [2.45, 2.75) is 15.9 Å². The monoisotopic (exact) mass is 314 g/mol. The molecule has 0 aliphatic heterocycles. The first-order valence-corrected chi connectivity index (χ1v) is 6.56. The lowest BCUT2D eigenvalue weighted by atomic mass is 10.3. The number of benzene rings is 1. The molecule has 0 fully saturated rings. The summed E-state index contributed by atoms with van der Waals surface area (Å²) in [7, 11) is 0. The maximum Gasteiger partial charge on any atom is 0.404 e. The normalized spacial score (nSPS) is 13.6. The van der Waals surface area contributed by atoms with Crippen molar-refractivity contribution in [1.29, 1.82) is 0 Å². The minimum absolute atomic E-state index is 0.429. The van der Waals surface area contributed by atoms with Crippen LogP contribution in [0.3, 0.4) is 0 Å². The second-order valence-corrected chi connectivity index (χ2v) is 4.92. The van der Waals surface area contributed by atoms with Gasteiger partial charge in [-0.2, -0.15) is 13.2 Å². The molecule has 1 aromatic carbocycles. The predicted octanol–water partition coefficient (Wildman–Crippen LogP) is 4.11. The van der Waals surface area contributed by atoms with E-state index < -0.39 is 17.6 Å². The van der Waals surface area contributed by atoms with Crippen LogP contribution in [0.25, 0.3) is 0 Å². The summed E-state index contributed by atoms with van der Waals surface area (Å²) in [5.74, 6) is 0.476. The van der Waals surface area contributed by atoms with Gasteiger partial charge in [-0.05, 0) is 18.4 Å². The van der Waals surface area contributed by atoms with Crippen LogP contribution in [0.15, 0.2) is 29.2 Å². The van der Waals surface area contributed by atoms with Crippen molar-refractivity contribution in [3.05, 3.63) is 24.3 Å². The van der Waals surface area contributed by atoms with Crippen LogP contribution in [0.1, 0.15) is 0 Å². The highest BCUT2D eigenvalue weighted by Crippen LogP contribution is 2.30. The van der Waals surface area contributed by atoms with Gasteiger partial charge in [-0.1, -0.05) is 28.1 Å². The number of thioether (sulfide) groups is 1. The maximum absolute atomic E-state index is 12.2. The highest BCUT2D eigenvalue weighted by molar-refractivity contribution is 9.09. The number of alkyl halides is 4. The molecule has 1 nitrogen and oxygen atoms in total. The van der Waals surface area contributed by atoms with E-state index >= 15 is 0 Å². The van der Waals surface area contributed by atoms with Crippen molar-refractivity contribution >= 4 is 27.7 Å². The molecule has 1 rings (SSSR count). The van der Waals surface area contributed by atoms with Crippen LogP contribution in [0.5, 0.6) is 5.75 Å². The van der Waals surface area contributed by atoms with E-state index in [9.17, 15) is 13.2 Å². The number of hydrogen-bond donors (Lipinski definition) is 0. The number of hydrogen-bond acceptors (Lipinski definition) is 2. The molecule has 16 heavy (non-hydrogen) atoms. The van der Waals surface area contributed by atoms with Gasteiger partial charge in [0.1, 0.15) is 17.2 Å². The van der Waals surface area contributed by atoms with Crippen molar-refractivity contribution in [3.63, 3.8) is 0 Å². The number of para-hydroxylation sites is 1. The van der Waals surface area contributed by atoms with Crippen LogP contribution in [-0.4, -0.2) is 23.9 Å². The molecule has 0 spiro atoms. The van der Waals surface area contributed by atoms with Gasteiger partial charge in [0.15, 0.2) is 0 Å². The topological polar surface area (TPSA) is 9.23 Å². The number of rotatable bonds is 4. The van der Waals surface area contributed by atoms with Crippen LogP contribution in [-0.2, 0) is 0 Å². The highest BCUT2D eigenvalue weighted by Gasteiger charge is 2.38. The minimum Gasteiger partial charge on any atom is -0.491 e. The van der Waals surface area contributed by atoms with Crippen molar-refractivity contribution in [2.24, 2.45) is 0 Å². The Kier molecular flexibility index (Phi) is 4.98. The summed E-state index contributed by atoms with van der Waals surface area (Å²) in [6.45, 7) is -0.429. The van der Waals surface area contributed by atoms with Gasteiger partial charge >= 0.3 is 6.18 Å². The molecule has 0 amide bonds. The molecular formula is C10H10BrF3OS. The lowest BCUT2D eigenvalue weighted by Gasteiger charge is -2.16. The molecule has 0 N–H and O–H groups in total. The first kappa shape index (κ1) is 13.7. The fourth-order valence-corrected chi connectivity index (χ4v) is 1.67. The minimum atomic E-state index is -4.28. The Balaban J connectivity index is 2.61. The highest BCUT2D eigenvalue weighted by atomic mass is 79.9. The Morgan fingerprint density at radius 1 is 1.38 bits per heavy atom. The van der Waals surface area contributed by atoms with Crippen LogP contribution in [0, 0.1) is 0 Å². The Morgan fingerprint density at radius 2 is 2.00 bits per heavy atom. The summed E-state index contributed by atoms with van der Waals surface area (Å²) in [6, 6.07) is 7.00. The second-order valence-electron chi connectivity index (χ2n) is 2.97. The molecule has 0 saturated heterocycles. The summed E-state index contributed by atoms with van der Waals surface area (Å²) in [4.78, 5) is -0.820. The van der Waals surface area contributed by atoms with Crippen molar-refractivity contribution in [3.8, 4) is 5.75 Å². The maximum atomic E-state index is 12.2. The van der Waals surface area contributed by atoms with Gasteiger partial charge in [0.05, 0.1) is 0 Å². The predicted molar refractivity (Wildman–Crippen MR) is 62.5 cm³/mol. The number of ether oxygens (including phenoxy) is 1. The Labute approximate surface area is 104 Å². The lowest BCUT2D eigenvalue weighted by molar-refractivity contribution is -0.132. The van der Waals surface area contributed by atoms with E-state index in [1.54, 1.807) is 18.2 Å². The van der Waals surface area contributed by atoms with Gasteiger partial charge in [0, 0.05) is 4.90 Å². The molecule has 0 aromatic heterocycles. The molecule has 1 atom stereocenters. The molecule has 6 heteroatoms. The number of halogens is 4. The molecular weight excluding hydrogens is 305 g/mol. The largest absolute Gasteiger partial charge is 0.491 e. The first-order chi connectivity index (χ1) is 7.45. The molecule has 0 aliphatic carbocycles. The zero-order valence-corrected chi connectivity index (χ0v) is 10.8. The van der Waals surface area contributed by atoms with Crippen molar-refractivity contribution in [1.82, 2.24) is 0 Å². The molecule has 0 bridgehead atoms. The third-order valence-electron chi connectivity index (χ3n) is 1.81. The van der Waals surface area contributed by atoms with Gasteiger partial charge in [-0.25, -0.2) is 0 Å². The van der Waals surface area contributed by atoms with E-state index in [2.05, 4.69) is 15.9 Å². The summed E-state index contributed by atoms with van der Waals surface area (Å²) in [5.41, 5.74) is 0. The van der Waals surface area contributed by atoms with Gasteiger partial charge in [-0.3, -0.25) is 0 Å². The zero-order valence-electron chi connectivity index (χ0n) is 8.42. The summed E-state index contributed by atoms with van der Waals surface area (Å²) in [6.07, 6.45) is -2.44. The lowest BCUT2D eigenvalue weighted by Crippen LogP contribution is -2.28. The van der Waals surface area contributed by atoms with E-state index in [-0.39, 0.29) is 0 Å². The average molecular weight is 315 g/mol. The van der Waals surface area contributed by atoms with Crippen LogP contribution in [0.2, 0.25) is 0 Å². The first-order valence-electron chi connectivity index (χ1n) is 4.41. The Bertz CT molecular complexity index is 343. The van der Waals surface area contributed by atoms with Gasteiger partial charge < -0.3 is 4.74 Å². The van der Waals surface area contributed by atoms with Crippen LogP contribution < -0.4 is 4.74 Å². The van der Waals surface area contributed by atoms with E-state index in [1.807, 2.05) is 12.3 Å². The van der Waals surface area contributed by atoms with E-state index in [0.717, 1.165) is 4.90 Å². The van der Waals surface area contributed by atoms with Gasteiger partial charge in [-0.15, -0.1) is 11.8 Å². The van der Waals surface area contributed by atoms with Crippen molar-refractivity contribution < 1.29 is 17.9 Å². The third kappa shape index (κ3) is 3.90. The Hall–Kier alpha value is -0.360. The molecule has 90 valence electrons. The van der Waals surface area contributed by atoms with E-state index in [1.165, 1.54) is 11.8 Å². The molecule has 1 aromatic rings. The van der Waals surface area contributed by atoms with Gasteiger partial charge in [0.25, 0.3) is 0 Å². The van der Waals surface area contributed by atoms with E-state index in [0.29, 0.717) is 5.75 Å². The second kappa shape index (κ2) is 5.82. The zero-order chi connectivity index (χ0) is 12.2. The summed E-state index contributed by atoms with van der Waals surface area (Å²) < 4.78 is 41.7. The Morgan fingerprint density at radius 3 is 2.56 bits per heavy atom. The van der Waals surface area contributed by atoms with E-state index in [4.69, 9.17) is 4.74 Å². The summed E-state index contributed by atoms with van der Waals surface area (Å²) in [5, 5.41) is 0.